The van der Waals surface area contributed by atoms with Crippen molar-refractivity contribution in [3.05, 3.63) is 41.2 Å². The highest BCUT2D eigenvalue weighted by Gasteiger charge is 2.20. The van der Waals surface area contributed by atoms with Gasteiger partial charge in [0, 0.05) is 22.9 Å². The predicted molar refractivity (Wildman–Crippen MR) is 68.7 cm³/mol. The Labute approximate surface area is 104 Å². The molecule has 0 N–H and O–H groups in total. The standard InChI is InChI=1S/C12H13BrN2O/c1-8(2)15-6-9(3)7-16-11-4-10(13)5-14-12(11)15/h4-5H,1,3,6-7H2,2H3. The number of hydrogen-bond donors (Lipinski definition) is 0. The fourth-order valence-electron chi connectivity index (χ4n) is 1.56. The lowest BCUT2D eigenvalue weighted by Gasteiger charge is -2.22. The van der Waals surface area contributed by atoms with Crippen LogP contribution in [0, 0.1) is 0 Å². The summed E-state index contributed by atoms with van der Waals surface area (Å²) in [6.45, 7) is 11.1. The molecule has 1 aromatic heterocycles. The molecule has 0 aromatic carbocycles. The molecular formula is C12H13BrN2O. The van der Waals surface area contributed by atoms with Crippen LogP contribution in [0.1, 0.15) is 6.92 Å². The van der Waals surface area contributed by atoms with Gasteiger partial charge in [-0.15, -0.1) is 0 Å². The van der Waals surface area contributed by atoms with Gasteiger partial charge in [0.25, 0.3) is 0 Å². The van der Waals surface area contributed by atoms with E-state index in [1.165, 1.54) is 0 Å². The summed E-state index contributed by atoms with van der Waals surface area (Å²) < 4.78 is 6.55. The number of allylic oxidation sites excluding steroid dienone is 1. The van der Waals surface area contributed by atoms with Crippen LogP contribution in [-0.4, -0.2) is 18.1 Å². The first kappa shape index (κ1) is 11.2. The number of nitrogens with zero attached hydrogens (tertiary/aromatic N) is 2. The summed E-state index contributed by atoms with van der Waals surface area (Å²) in [4.78, 5) is 6.38. The Kier molecular flexibility index (Phi) is 3.01. The van der Waals surface area contributed by atoms with E-state index in [-0.39, 0.29) is 0 Å². The van der Waals surface area contributed by atoms with E-state index in [0.717, 1.165) is 27.3 Å². The summed E-state index contributed by atoms with van der Waals surface area (Å²) in [5, 5.41) is 0. The highest BCUT2D eigenvalue weighted by molar-refractivity contribution is 9.10. The maximum absolute atomic E-state index is 5.65. The molecule has 1 aliphatic heterocycles. The summed E-state index contributed by atoms with van der Waals surface area (Å²) in [6, 6.07) is 1.91. The van der Waals surface area contributed by atoms with Crippen molar-refractivity contribution in [2.75, 3.05) is 18.1 Å². The van der Waals surface area contributed by atoms with Gasteiger partial charge in [0.1, 0.15) is 6.61 Å². The molecule has 0 bridgehead atoms. The number of fused-ring (bicyclic) bond motifs is 1. The number of halogens is 1. The zero-order valence-corrected chi connectivity index (χ0v) is 10.7. The maximum atomic E-state index is 5.65. The van der Waals surface area contributed by atoms with E-state index in [9.17, 15) is 0 Å². The highest BCUT2D eigenvalue weighted by atomic mass is 79.9. The molecule has 0 atom stereocenters. The van der Waals surface area contributed by atoms with Crippen LogP contribution in [0.4, 0.5) is 5.82 Å². The van der Waals surface area contributed by atoms with Gasteiger partial charge in [0.05, 0.1) is 0 Å². The van der Waals surface area contributed by atoms with E-state index in [2.05, 4.69) is 34.1 Å². The molecule has 0 radical (unpaired) electrons. The van der Waals surface area contributed by atoms with E-state index in [1.54, 1.807) is 6.20 Å². The summed E-state index contributed by atoms with van der Waals surface area (Å²) in [7, 11) is 0. The quantitative estimate of drug-likeness (QED) is 0.739. The molecule has 0 unspecified atom stereocenters. The zero-order chi connectivity index (χ0) is 11.7. The van der Waals surface area contributed by atoms with Gasteiger partial charge in [-0.25, -0.2) is 4.98 Å². The summed E-state index contributed by atoms with van der Waals surface area (Å²) in [6.07, 6.45) is 1.76. The van der Waals surface area contributed by atoms with E-state index in [4.69, 9.17) is 4.74 Å². The van der Waals surface area contributed by atoms with Gasteiger partial charge in [-0.05, 0) is 34.5 Å². The molecule has 16 heavy (non-hydrogen) atoms. The Bertz CT molecular complexity index is 456. The third-order valence-electron chi connectivity index (χ3n) is 2.33. The molecule has 3 nitrogen and oxygen atoms in total. The van der Waals surface area contributed by atoms with Gasteiger partial charge in [0.15, 0.2) is 11.6 Å². The Morgan fingerprint density at radius 3 is 3.06 bits per heavy atom. The minimum absolute atomic E-state index is 0.523. The van der Waals surface area contributed by atoms with Crippen LogP contribution in [-0.2, 0) is 0 Å². The lowest BCUT2D eigenvalue weighted by molar-refractivity contribution is 0.356. The minimum atomic E-state index is 0.523. The lowest BCUT2D eigenvalue weighted by Crippen LogP contribution is -2.23. The molecule has 0 fully saturated rings. The monoisotopic (exact) mass is 280 g/mol. The molecule has 0 saturated carbocycles. The first-order valence-electron chi connectivity index (χ1n) is 4.96. The number of hydrogen-bond acceptors (Lipinski definition) is 3. The predicted octanol–water partition coefficient (Wildman–Crippen LogP) is 3.13. The summed E-state index contributed by atoms with van der Waals surface area (Å²) >= 11 is 3.38. The van der Waals surface area contributed by atoms with Crippen LogP contribution < -0.4 is 9.64 Å². The molecule has 0 amide bonds. The van der Waals surface area contributed by atoms with Gasteiger partial charge in [-0.1, -0.05) is 13.2 Å². The molecule has 2 heterocycles. The van der Waals surface area contributed by atoms with Crippen LogP contribution in [0.15, 0.2) is 41.2 Å². The molecule has 1 aromatic rings. The average Bonchev–Trinajstić information content (AvgIpc) is 2.38. The Balaban J connectivity index is 2.49. The van der Waals surface area contributed by atoms with E-state index < -0.39 is 0 Å². The fourth-order valence-corrected chi connectivity index (χ4v) is 1.87. The minimum Gasteiger partial charge on any atom is -0.485 e. The fraction of sp³-hybridized carbons (Fsp3) is 0.250. The Morgan fingerprint density at radius 2 is 2.38 bits per heavy atom. The Hall–Kier alpha value is -1.29. The van der Waals surface area contributed by atoms with Crippen molar-refractivity contribution in [3.8, 4) is 5.75 Å². The molecular weight excluding hydrogens is 268 g/mol. The number of anilines is 1. The maximum Gasteiger partial charge on any atom is 0.175 e. The summed E-state index contributed by atoms with van der Waals surface area (Å²) in [5.74, 6) is 1.56. The molecule has 0 aliphatic carbocycles. The van der Waals surface area contributed by atoms with Crippen molar-refractivity contribution in [2.24, 2.45) is 0 Å². The van der Waals surface area contributed by atoms with Gasteiger partial charge < -0.3 is 9.64 Å². The molecule has 2 rings (SSSR count). The van der Waals surface area contributed by atoms with E-state index >= 15 is 0 Å². The highest BCUT2D eigenvalue weighted by Crippen LogP contribution is 2.33. The van der Waals surface area contributed by atoms with Crippen molar-refractivity contribution in [1.82, 2.24) is 4.98 Å². The second kappa shape index (κ2) is 4.29. The summed E-state index contributed by atoms with van der Waals surface area (Å²) in [5.41, 5.74) is 1.94. The number of aromatic nitrogens is 1. The van der Waals surface area contributed by atoms with Crippen LogP contribution in [0.3, 0.4) is 0 Å². The first-order chi connectivity index (χ1) is 7.58. The third-order valence-corrected chi connectivity index (χ3v) is 2.76. The van der Waals surface area contributed by atoms with Crippen molar-refractivity contribution in [3.63, 3.8) is 0 Å². The van der Waals surface area contributed by atoms with E-state index in [1.807, 2.05) is 17.9 Å². The third kappa shape index (κ3) is 2.11. The second-order valence-electron chi connectivity index (χ2n) is 3.84. The van der Waals surface area contributed by atoms with Gasteiger partial charge in [0.2, 0.25) is 0 Å². The molecule has 4 heteroatoms. The molecule has 84 valence electrons. The topological polar surface area (TPSA) is 25.4 Å². The number of rotatable bonds is 1. The largest absolute Gasteiger partial charge is 0.485 e. The van der Waals surface area contributed by atoms with E-state index in [0.29, 0.717) is 13.2 Å². The SMILES string of the molecule is C=C1COc2cc(Br)cnc2N(C(=C)C)C1. The van der Waals surface area contributed by atoms with Crippen molar-refractivity contribution in [2.45, 2.75) is 6.92 Å². The van der Waals surface area contributed by atoms with Crippen LogP contribution >= 0.6 is 15.9 Å². The first-order valence-corrected chi connectivity index (χ1v) is 5.75. The lowest BCUT2D eigenvalue weighted by atomic mass is 10.3. The van der Waals surface area contributed by atoms with Crippen molar-refractivity contribution >= 4 is 21.7 Å². The molecule has 0 saturated heterocycles. The molecule has 1 aliphatic rings. The Morgan fingerprint density at radius 1 is 1.62 bits per heavy atom. The van der Waals surface area contributed by atoms with Crippen LogP contribution in [0.25, 0.3) is 0 Å². The van der Waals surface area contributed by atoms with Gasteiger partial charge in [-0.2, -0.15) is 0 Å². The van der Waals surface area contributed by atoms with Gasteiger partial charge in [-0.3, -0.25) is 0 Å². The normalized spacial score (nSPS) is 15.1. The smallest absolute Gasteiger partial charge is 0.175 e. The average molecular weight is 281 g/mol. The second-order valence-corrected chi connectivity index (χ2v) is 4.75. The van der Waals surface area contributed by atoms with Crippen LogP contribution in [0.5, 0.6) is 5.75 Å². The zero-order valence-electron chi connectivity index (χ0n) is 9.16. The number of pyridine rings is 1. The van der Waals surface area contributed by atoms with Crippen molar-refractivity contribution in [1.29, 1.82) is 0 Å². The van der Waals surface area contributed by atoms with Gasteiger partial charge >= 0.3 is 0 Å². The van der Waals surface area contributed by atoms with Crippen molar-refractivity contribution < 1.29 is 4.74 Å². The van der Waals surface area contributed by atoms with Crippen LogP contribution in [0.2, 0.25) is 0 Å². The molecule has 0 spiro atoms. The number of ether oxygens (including phenoxy) is 1.